The number of halogens is 1. The van der Waals surface area contributed by atoms with Gasteiger partial charge in [0.05, 0.1) is 11.0 Å². The minimum atomic E-state index is 0.785. The monoisotopic (exact) mass is 494 g/mol. The van der Waals surface area contributed by atoms with Crippen molar-refractivity contribution in [3.8, 4) is 0 Å². The average molecular weight is 495 g/mol. The molecule has 0 atom stereocenters. The Morgan fingerprint density at radius 2 is 1.14 bits per heavy atom. The van der Waals surface area contributed by atoms with Crippen molar-refractivity contribution in [2.45, 2.75) is 123 Å². The summed E-state index contributed by atoms with van der Waals surface area (Å²) in [6, 6.07) is 16.6. The highest BCUT2D eigenvalue weighted by atomic mass is 35.5. The summed E-state index contributed by atoms with van der Waals surface area (Å²) in [6.45, 7) is 3.33. The molecule has 1 aromatic heterocycles. The van der Waals surface area contributed by atoms with Crippen molar-refractivity contribution in [3.63, 3.8) is 0 Å². The lowest BCUT2D eigenvalue weighted by atomic mass is 10.0. The van der Waals surface area contributed by atoms with Crippen LogP contribution >= 0.6 is 11.6 Å². The van der Waals surface area contributed by atoms with Gasteiger partial charge in [0, 0.05) is 18.0 Å². The number of imidazole rings is 1. The molecule has 1 heterocycles. The normalized spacial score (nSPS) is 11.5. The third kappa shape index (κ3) is 10.00. The highest BCUT2D eigenvalue weighted by Gasteiger charge is 2.12. The number of nitrogens with zero attached hydrogens (tertiary/aromatic N) is 2. The first-order valence-corrected chi connectivity index (χ1v) is 14.8. The van der Waals surface area contributed by atoms with Gasteiger partial charge in [0.1, 0.15) is 5.82 Å². The summed E-state index contributed by atoms with van der Waals surface area (Å²) in [5, 5.41) is 0.827. The van der Waals surface area contributed by atoms with Crippen LogP contribution in [0.2, 0.25) is 5.02 Å². The van der Waals surface area contributed by atoms with Gasteiger partial charge < -0.3 is 4.57 Å². The van der Waals surface area contributed by atoms with Crippen molar-refractivity contribution in [2.24, 2.45) is 0 Å². The van der Waals surface area contributed by atoms with Gasteiger partial charge in [0.2, 0.25) is 0 Å². The summed E-state index contributed by atoms with van der Waals surface area (Å²) in [5.41, 5.74) is 3.49. The van der Waals surface area contributed by atoms with Crippen LogP contribution in [0.3, 0.4) is 0 Å². The Hall–Kier alpha value is -1.80. The first-order chi connectivity index (χ1) is 17.3. The smallest absolute Gasteiger partial charge is 0.114 e. The first-order valence-electron chi connectivity index (χ1n) is 14.5. The predicted molar refractivity (Wildman–Crippen MR) is 154 cm³/mol. The van der Waals surface area contributed by atoms with Crippen LogP contribution in [0.5, 0.6) is 0 Å². The molecule has 0 aliphatic heterocycles. The van der Waals surface area contributed by atoms with E-state index in [2.05, 4.69) is 47.9 Å². The number of rotatable bonds is 19. The minimum absolute atomic E-state index is 0.785. The van der Waals surface area contributed by atoms with Crippen molar-refractivity contribution in [3.05, 3.63) is 64.9 Å². The number of aromatic nitrogens is 2. The van der Waals surface area contributed by atoms with Gasteiger partial charge in [0.25, 0.3) is 0 Å². The lowest BCUT2D eigenvalue weighted by Crippen LogP contribution is -2.05. The largest absolute Gasteiger partial charge is 0.328 e. The molecule has 0 saturated carbocycles. The number of aryl methyl sites for hydroxylation is 1. The fraction of sp³-hybridized carbons (Fsp3) is 0.594. The van der Waals surface area contributed by atoms with Crippen LogP contribution in [0.15, 0.2) is 48.5 Å². The second-order valence-electron chi connectivity index (χ2n) is 10.2. The van der Waals surface area contributed by atoms with E-state index in [0.29, 0.717) is 0 Å². The molecular formula is C32H47ClN2. The van der Waals surface area contributed by atoms with E-state index in [0.717, 1.165) is 34.9 Å². The Morgan fingerprint density at radius 3 is 1.74 bits per heavy atom. The van der Waals surface area contributed by atoms with E-state index < -0.39 is 0 Å². The molecule has 0 radical (unpaired) electrons. The van der Waals surface area contributed by atoms with Gasteiger partial charge in [-0.3, -0.25) is 0 Å². The van der Waals surface area contributed by atoms with Crippen molar-refractivity contribution in [1.29, 1.82) is 0 Å². The molecule has 2 nitrogen and oxygen atoms in total. The maximum absolute atomic E-state index is 6.44. The molecule has 0 spiro atoms. The third-order valence-corrected chi connectivity index (χ3v) is 7.64. The van der Waals surface area contributed by atoms with E-state index >= 15 is 0 Å². The summed E-state index contributed by atoms with van der Waals surface area (Å²) in [5.74, 6) is 1.13. The van der Waals surface area contributed by atoms with Crippen LogP contribution in [0, 0.1) is 0 Å². The van der Waals surface area contributed by atoms with E-state index in [1.54, 1.807) is 0 Å². The quantitative estimate of drug-likeness (QED) is 0.151. The molecule has 35 heavy (non-hydrogen) atoms. The summed E-state index contributed by atoms with van der Waals surface area (Å²) >= 11 is 6.44. The summed E-state index contributed by atoms with van der Waals surface area (Å²) in [4.78, 5) is 4.95. The van der Waals surface area contributed by atoms with Crippen LogP contribution in [-0.2, 0) is 13.0 Å². The Kier molecular flexibility index (Phi) is 13.3. The van der Waals surface area contributed by atoms with Gasteiger partial charge in [0.15, 0.2) is 0 Å². The molecule has 0 aliphatic rings. The van der Waals surface area contributed by atoms with Gasteiger partial charge in [-0.25, -0.2) is 4.98 Å². The van der Waals surface area contributed by atoms with E-state index in [9.17, 15) is 0 Å². The molecule has 0 amide bonds. The number of hydrogen-bond donors (Lipinski definition) is 0. The highest BCUT2D eigenvalue weighted by Crippen LogP contribution is 2.23. The Bertz CT molecular complexity index is 961. The lowest BCUT2D eigenvalue weighted by molar-refractivity contribution is 0.520. The fourth-order valence-electron chi connectivity index (χ4n) is 5.14. The van der Waals surface area contributed by atoms with E-state index in [1.807, 2.05) is 12.1 Å². The van der Waals surface area contributed by atoms with Crippen LogP contribution in [0.1, 0.15) is 121 Å². The van der Waals surface area contributed by atoms with E-state index in [-0.39, 0.29) is 0 Å². The number of fused-ring (bicyclic) bond motifs is 1. The van der Waals surface area contributed by atoms with E-state index in [4.69, 9.17) is 16.6 Å². The standard InChI is InChI=1S/C32H47ClN2/c1-2-3-4-5-6-7-8-9-10-11-12-13-14-15-16-21-26-35-31-25-20-19-24-30(31)34-32(35)27-28-22-17-18-23-29(28)33/h17-20,22-25H,2-16,21,26-27H2,1H3. The molecule has 3 rings (SSSR count). The average Bonchev–Trinajstić information content (AvgIpc) is 3.22. The van der Waals surface area contributed by atoms with Gasteiger partial charge in [-0.2, -0.15) is 0 Å². The maximum atomic E-state index is 6.44. The zero-order valence-corrected chi connectivity index (χ0v) is 22.9. The summed E-state index contributed by atoms with van der Waals surface area (Å²) in [7, 11) is 0. The highest BCUT2D eigenvalue weighted by molar-refractivity contribution is 6.31. The van der Waals surface area contributed by atoms with Crippen LogP contribution in [0.25, 0.3) is 11.0 Å². The zero-order chi connectivity index (χ0) is 24.6. The molecule has 0 N–H and O–H groups in total. The third-order valence-electron chi connectivity index (χ3n) is 7.28. The van der Waals surface area contributed by atoms with Crippen LogP contribution in [0.4, 0.5) is 0 Å². The van der Waals surface area contributed by atoms with Gasteiger partial charge in [-0.1, -0.05) is 145 Å². The molecule has 0 saturated heterocycles. The molecule has 0 bridgehead atoms. The Balaban J connectivity index is 1.29. The second-order valence-corrected chi connectivity index (χ2v) is 10.6. The summed E-state index contributed by atoms with van der Waals surface area (Å²) in [6.07, 6.45) is 23.2. The number of para-hydroxylation sites is 2. The van der Waals surface area contributed by atoms with Crippen molar-refractivity contribution >= 4 is 22.6 Å². The summed E-state index contributed by atoms with van der Waals surface area (Å²) < 4.78 is 2.42. The van der Waals surface area contributed by atoms with E-state index in [1.165, 1.54) is 108 Å². The molecular weight excluding hydrogens is 448 g/mol. The number of benzene rings is 2. The molecule has 192 valence electrons. The SMILES string of the molecule is CCCCCCCCCCCCCCCCCCn1c(Cc2ccccc2Cl)nc2ccccc21. The van der Waals surface area contributed by atoms with Gasteiger partial charge in [-0.05, 0) is 30.2 Å². The van der Waals surface area contributed by atoms with Crippen molar-refractivity contribution in [2.75, 3.05) is 0 Å². The molecule has 2 aromatic carbocycles. The molecule has 0 fully saturated rings. The Labute approximate surface area is 219 Å². The second kappa shape index (κ2) is 16.8. The first kappa shape index (κ1) is 27.8. The number of unbranched alkanes of at least 4 members (excludes halogenated alkanes) is 15. The van der Waals surface area contributed by atoms with Crippen molar-refractivity contribution < 1.29 is 0 Å². The van der Waals surface area contributed by atoms with Crippen LogP contribution < -0.4 is 0 Å². The predicted octanol–water partition coefficient (Wildman–Crippen LogP) is 10.5. The molecule has 3 heteroatoms. The zero-order valence-electron chi connectivity index (χ0n) is 22.1. The van der Waals surface area contributed by atoms with Crippen molar-refractivity contribution in [1.82, 2.24) is 9.55 Å². The van der Waals surface area contributed by atoms with Gasteiger partial charge in [-0.15, -0.1) is 0 Å². The fourth-order valence-corrected chi connectivity index (χ4v) is 5.34. The Morgan fingerprint density at radius 1 is 0.629 bits per heavy atom. The maximum Gasteiger partial charge on any atom is 0.114 e. The minimum Gasteiger partial charge on any atom is -0.328 e. The van der Waals surface area contributed by atoms with Gasteiger partial charge >= 0.3 is 0 Å². The van der Waals surface area contributed by atoms with Crippen LogP contribution in [-0.4, -0.2) is 9.55 Å². The molecule has 3 aromatic rings. The number of hydrogen-bond acceptors (Lipinski definition) is 1. The molecule has 0 unspecified atom stereocenters. The molecule has 0 aliphatic carbocycles. The lowest BCUT2D eigenvalue weighted by Gasteiger charge is -2.10. The topological polar surface area (TPSA) is 17.8 Å².